The number of benzene rings is 3. The zero-order valence-corrected chi connectivity index (χ0v) is 18.8. The van der Waals surface area contributed by atoms with Crippen LogP contribution in [0.5, 0.6) is 5.75 Å². The van der Waals surface area contributed by atoms with E-state index in [2.05, 4.69) is 6.92 Å². The second kappa shape index (κ2) is 9.14. The van der Waals surface area contributed by atoms with Crippen molar-refractivity contribution >= 4 is 16.9 Å². The molecule has 1 atom stereocenters. The number of ether oxygens (including phenoxy) is 1. The van der Waals surface area contributed by atoms with Crippen LogP contribution in [-0.2, 0) is 6.54 Å². The summed E-state index contributed by atoms with van der Waals surface area (Å²) in [6.45, 7) is 2.94. The fourth-order valence-corrected chi connectivity index (χ4v) is 4.34. The third kappa shape index (κ3) is 3.96. The second-order valence-electron chi connectivity index (χ2n) is 8.40. The van der Waals surface area contributed by atoms with E-state index in [4.69, 9.17) is 9.15 Å². The van der Waals surface area contributed by atoms with E-state index < -0.39 is 6.04 Å². The van der Waals surface area contributed by atoms with Crippen molar-refractivity contribution in [2.75, 3.05) is 6.61 Å². The maximum atomic E-state index is 13.5. The second-order valence-corrected chi connectivity index (χ2v) is 8.40. The smallest absolute Gasteiger partial charge is 0.291 e. The Balaban J connectivity index is 1.59. The number of hydrogen-bond donors (Lipinski definition) is 0. The summed E-state index contributed by atoms with van der Waals surface area (Å²) >= 11 is 0. The molecule has 0 N–H and O–H groups in total. The van der Waals surface area contributed by atoms with Gasteiger partial charge in [0.2, 0.25) is 5.76 Å². The van der Waals surface area contributed by atoms with Crippen LogP contribution in [0, 0.1) is 5.82 Å². The molecule has 0 fully saturated rings. The topological polar surface area (TPSA) is 59.8 Å². The summed E-state index contributed by atoms with van der Waals surface area (Å²) in [5, 5.41) is 0.433. The summed E-state index contributed by atoms with van der Waals surface area (Å²) in [7, 11) is 0. The van der Waals surface area contributed by atoms with Crippen molar-refractivity contribution in [2.24, 2.45) is 0 Å². The number of amides is 1. The van der Waals surface area contributed by atoms with Gasteiger partial charge in [-0.15, -0.1) is 0 Å². The number of carbonyl (C=O) groups excluding carboxylic acids is 1. The van der Waals surface area contributed by atoms with Crippen molar-refractivity contribution < 1.29 is 18.3 Å². The average Bonchev–Trinajstić information content (AvgIpc) is 3.13. The Morgan fingerprint density at radius 3 is 2.44 bits per heavy atom. The lowest BCUT2D eigenvalue weighted by Gasteiger charge is -2.25. The van der Waals surface area contributed by atoms with Crippen molar-refractivity contribution in [3.63, 3.8) is 0 Å². The van der Waals surface area contributed by atoms with E-state index in [-0.39, 0.29) is 29.5 Å². The minimum absolute atomic E-state index is 0.0547. The molecular weight excluding hydrogens is 433 g/mol. The largest absolute Gasteiger partial charge is 0.494 e. The van der Waals surface area contributed by atoms with Crippen LogP contribution in [0.2, 0.25) is 0 Å². The molecule has 5 nitrogen and oxygen atoms in total. The monoisotopic (exact) mass is 457 g/mol. The number of halogens is 1. The molecule has 1 aromatic heterocycles. The van der Waals surface area contributed by atoms with E-state index in [9.17, 15) is 14.0 Å². The zero-order valence-electron chi connectivity index (χ0n) is 18.8. The number of unbranched alkanes of at least 4 members (excludes halogenated alkanes) is 1. The first kappa shape index (κ1) is 21.9. The van der Waals surface area contributed by atoms with Crippen molar-refractivity contribution in [1.82, 2.24) is 4.90 Å². The molecule has 0 saturated heterocycles. The Morgan fingerprint density at radius 1 is 0.971 bits per heavy atom. The summed E-state index contributed by atoms with van der Waals surface area (Å²) in [6.07, 6.45) is 2.01. The molecule has 0 spiro atoms. The van der Waals surface area contributed by atoms with Gasteiger partial charge in [0.25, 0.3) is 5.91 Å². The minimum Gasteiger partial charge on any atom is -0.494 e. The molecule has 5 rings (SSSR count). The summed E-state index contributed by atoms with van der Waals surface area (Å²) in [6, 6.07) is 19.8. The van der Waals surface area contributed by atoms with Gasteiger partial charge in [-0.05, 0) is 53.9 Å². The first-order valence-corrected chi connectivity index (χ1v) is 11.4. The lowest BCUT2D eigenvalue weighted by atomic mass is 9.98. The molecule has 6 heteroatoms. The van der Waals surface area contributed by atoms with Gasteiger partial charge in [-0.25, -0.2) is 4.39 Å². The molecule has 1 aliphatic heterocycles. The lowest BCUT2D eigenvalue weighted by molar-refractivity contribution is 0.0714. The van der Waals surface area contributed by atoms with Gasteiger partial charge in [-0.2, -0.15) is 0 Å². The molecule has 34 heavy (non-hydrogen) atoms. The van der Waals surface area contributed by atoms with Gasteiger partial charge in [0.1, 0.15) is 17.1 Å². The molecular formula is C28H24FNO4. The van der Waals surface area contributed by atoms with E-state index in [1.807, 2.05) is 24.3 Å². The van der Waals surface area contributed by atoms with E-state index in [1.165, 1.54) is 12.1 Å². The van der Waals surface area contributed by atoms with Crippen molar-refractivity contribution in [2.45, 2.75) is 32.4 Å². The van der Waals surface area contributed by atoms with Crippen molar-refractivity contribution in [1.29, 1.82) is 0 Å². The highest BCUT2D eigenvalue weighted by atomic mass is 19.1. The number of hydrogen-bond acceptors (Lipinski definition) is 4. The van der Waals surface area contributed by atoms with Gasteiger partial charge < -0.3 is 14.1 Å². The molecule has 0 bridgehead atoms. The van der Waals surface area contributed by atoms with Crippen LogP contribution in [-0.4, -0.2) is 17.4 Å². The summed E-state index contributed by atoms with van der Waals surface area (Å²) in [5.41, 5.74) is 2.01. The normalized spacial score (nSPS) is 15.1. The number of rotatable bonds is 7. The molecule has 0 radical (unpaired) electrons. The fourth-order valence-electron chi connectivity index (χ4n) is 4.34. The average molecular weight is 458 g/mol. The summed E-state index contributed by atoms with van der Waals surface area (Å²) in [4.78, 5) is 28.6. The number of para-hydroxylation sites is 1. The predicted octanol–water partition coefficient (Wildman–Crippen LogP) is 5.86. The first-order valence-electron chi connectivity index (χ1n) is 11.4. The lowest BCUT2D eigenvalue weighted by Crippen LogP contribution is -2.29. The molecule has 1 amide bonds. The number of carbonyl (C=O) groups is 1. The Kier molecular flexibility index (Phi) is 5.88. The van der Waals surface area contributed by atoms with Gasteiger partial charge in [0, 0.05) is 6.54 Å². The van der Waals surface area contributed by atoms with Gasteiger partial charge in [-0.1, -0.05) is 49.7 Å². The van der Waals surface area contributed by atoms with Crippen LogP contribution in [0.3, 0.4) is 0 Å². The molecule has 1 unspecified atom stereocenters. The maximum Gasteiger partial charge on any atom is 0.291 e. The molecule has 3 aromatic carbocycles. The molecule has 0 saturated carbocycles. The van der Waals surface area contributed by atoms with Crippen LogP contribution in [0.15, 0.2) is 82.0 Å². The molecule has 1 aliphatic rings. The Labute approximate surface area is 196 Å². The standard InChI is InChI=1S/C28H24FNO4/c1-2-3-16-33-21-14-10-19(11-15-21)25-24-26(31)22-6-4-5-7-23(22)34-27(24)28(32)30(25)17-18-8-12-20(29)13-9-18/h4-15,25H,2-3,16-17H2,1H3. The van der Waals surface area contributed by atoms with Gasteiger partial charge in [0.05, 0.1) is 23.6 Å². The van der Waals surface area contributed by atoms with Crippen molar-refractivity contribution in [3.05, 3.63) is 111 Å². The SMILES string of the molecule is CCCCOc1ccc(C2c3c(oc4ccccc4c3=O)C(=O)N2Cc2ccc(F)cc2)cc1. The van der Waals surface area contributed by atoms with Crippen LogP contribution >= 0.6 is 0 Å². The maximum absolute atomic E-state index is 13.5. The highest BCUT2D eigenvalue weighted by molar-refractivity contribution is 5.99. The number of fused-ring (bicyclic) bond motifs is 2. The van der Waals surface area contributed by atoms with Gasteiger partial charge >= 0.3 is 0 Å². The first-order chi connectivity index (χ1) is 16.6. The third-order valence-corrected chi connectivity index (χ3v) is 6.10. The highest BCUT2D eigenvalue weighted by Crippen LogP contribution is 2.39. The highest BCUT2D eigenvalue weighted by Gasteiger charge is 2.42. The Hall–Kier alpha value is -3.93. The Bertz CT molecular complexity index is 1390. The number of nitrogens with zero attached hydrogens (tertiary/aromatic N) is 1. The van der Waals surface area contributed by atoms with Gasteiger partial charge in [0.15, 0.2) is 5.43 Å². The van der Waals surface area contributed by atoms with Gasteiger partial charge in [-0.3, -0.25) is 9.59 Å². The molecule has 4 aromatic rings. The summed E-state index contributed by atoms with van der Waals surface area (Å²) < 4.78 is 25.2. The van der Waals surface area contributed by atoms with Crippen LogP contribution in [0.25, 0.3) is 11.0 Å². The fraction of sp³-hybridized carbons (Fsp3) is 0.214. The summed E-state index contributed by atoms with van der Waals surface area (Å²) in [5.74, 6) is 0.0741. The van der Waals surface area contributed by atoms with Crippen LogP contribution in [0.4, 0.5) is 4.39 Å². The van der Waals surface area contributed by atoms with E-state index in [1.54, 1.807) is 41.3 Å². The van der Waals surface area contributed by atoms with E-state index in [0.29, 0.717) is 23.1 Å². The molecule has 0 aliphatic carbocycles. The molecule has 172 valence electrons. The Morgan fingerprint density at radius 2 is 1.71 bits per heavy atom. The minimum atomic E-state index is -0.627. The van der Waals surface area contributed by atoms with E-state index in [0.717, 1.165) is 29.7 Å². The third-order valence-electron chi connectivity index (χ3n) is 6.10. The molecule has 2 heterocycles. The quantitative estimate of drug-likeness (QED) is 0.326. The van der Waals surface area contributed by atoms with Crippen LogP contribution < -0.4 is 10.2 Å². The zero-order chi connectivity index (χ0) is 23.7. The van der Waals surface area contributed by atoms with Crippen LogP contribution in [0.1, 0.15) is 53.1 Å². The van der Waals surface area contributed by atoms with Crippen molar-refractivity contribution in [3.8, 4) is 5.75 Å². The predicted molar refractivity (Wildman–Crippen MR) is 127 cm³/mol. The van der Waals surface area contributed by atoms with E-state index >= 15 is 0 Å².